The van der Waals surface area contributed by atoms with Crippen LogP contribution in [0.3, 0.4) is 0 Å². The Morgan fingerprint density at radius 3 is 2.50 bits per heavy atom. The van der Waals surface area contributed by atoms with E-state index in [4.69, 9.17) is 4.74 Å². The summed E-state index contributed by atoms with van der Waals surface area (Å²) in [6, 6.07) is 2.68. The minimum Gasteiger partial charge on any atom is -0.508 e. The van der Waals surface area contributed by atoms with Crippen LogP contribution in [-0.4, -0.2) is 34.0 Å². The first-order valence-electron chi connectivity index (χ1n) is 7.98. The third-order valence-corrected chi connectivity index (χ3v) is 4.04. The van der Waals surface area contributed by atoms with Crippen molar-refractivity contribution < 1.29 is 24.9 Å². The fourth-order valence-corrected chi connectivity index (χ4v) is 2.84. The zero-order chi connectivity index (χ0) is 15.9. The summed E-state index contributed by atoms with van der Waals surface area (Å²) in [6.45, 7) is 0.269. The lowest BCUT2D eigenvalue weighted by Gasteiger charge is -2.14. The van der Waals surface area contributed by atoms with E-state index in [1.165, 1.54) is 12.1 Å². The van der Waals surface area contributed by atoms with Crippen LogP contribution in [0.15, 0.2) is 12.1 Å². The summed E-state index contributed by atoms with van der Waals surface area (Å²) in [5.41, 5.74) is 0.773. The van der Waals surface area contributed by atoms with E-state index in [0.717, 1.165) is 38.5 Å². The Bertz CT molecular complexity index is 512. The van der Waals surface area contributed by atoms with Crippen molar-refractivity contribution in [3.63, 3.8) is 0 Å². The molecule has 1 aliphatic heterocycles. The minimum atomic E-state index is -0.551. The lowest BCUT2D eigenvalue weighted by atomic mass is 9.98. The molecule has 1 unspecified atom stereocenters. The topological polar surface area (TPSA) is 87.0 Å². The number of hydrogen-bond acceptors (Lipinski definition) is 5. The van der Waals surface area contributed by atoms with Gasteiger partial charge in [0.15, 0.2) is 0 Å². The van der Waals surface area contributed by atoms with E-state index in [2.05, 4.69) is 0 Å². The van der Waals surface area contributed by atoms with Gasteiger partial charge in [0.05, 0.1) is 12.7 Å². The Labute approximate surface area is 130 Å². The second-order valence-electron chi connectivity index (χ2n) is 5.88. The second kappa shape index (κ2) is 8.03. The molecule has 2 rings (SSSR count). The van der Waals surface area contributed by atoms with Gasteiger partial charge < -0.3 is 20.1 Å². The molecular formula is C17H24O5. The molecule has 0 saturated carbocycles. The number of aliphatic hydroxyl groups is 1. The molecule has 5 heteroatoms. The number of rotatable bonds is 0. The number of phenols is 2. The highest BCUT2D eigenvalue weighted by molar-refractivity contribution is 5.94. The number of cyclic esters (lactones) is 1. The highest BCUT2D eigenvalue weighted by atomic mass is 16.5. The first-order valence-corrected chi connectivity index (χ1v) is 7.98. The van der Waals surface area contributed by atoms with Gasteiger partial charge in [0.1, 0.15) is 17.1 Å². The van der Waals surface area contributed by atoms with Gasteiger partial charge in [0.2, 0.25) is 0 Å². The number of hydrogen-bond donors (Lipinski definition) is 3. The summed E-state index contributed by atoms with van der Waals surface area (Å²) in [6.07, 6.45) is 6.02. The summed E-state index contributed by atoms with van der Waals surface area (Å²) in [4.78, 5) is 12.2. The van der Waals surface area contributed by atoms with Crippen LogP contribution in [0.2, 0.25) is 0 Å². The highest BCUT2D eigenvalue weighted by Crippen LogP contribution is 2.29. The van der Waals surface area contributed by atoms with Gasteiger partial charge in [0.25, 0.3) is 0 Å². The zero-order valence-electron chi connectivity index (χ0n) is 12.8. The third kappa shape index (κ3) is 4.63. The van der Waals surface area contributed by atoms with E-state index in [0.29, 0.717) is 18.4 Å². The first-order chi connectivity index (χ1) is 10.6. The number of aliphatic hydroxyl groups excluding tert-OH is 1. The third-order valence-electron chi connectivity index (χ3n) is 4.04. The first kappa shape index (κ1) is 16.6. The average molecular weight is 308 g/mol. The van der Waals surface area contributed by atoms with Gasteiger partial charge in [0, 0.05) is 6.07 Å². The number of carbonyl (C=O) groups is 1. The smallest absolute Gasteiger partial charge is 0.342 e. The predicted octanol–water partition coefficient (Wildman–Crippen LogP) is 2.90. The van der Waals surface area contributed by atoms with Gasteiger partial charge in [-0.1, -0.05) is 12.8 Å². The minimum absolute atomic E-state index is 0.0550. The molecule has 0 amide bonds. The summed E-state index contributed by atoms with van der Waals surface area (Å²) >= 11 is 0. The van der Waals surface area contributed by atoms with Crippen LogP contribution in [-0.2, 0) is 11.2 Å². The highest BCUT2D eigenvalue weighted by Gasteiger charge is 2.19. The van der Waals surface area contributed by atoms with Gasteiger partial charge in [-0.25, -0.2) is 4.79 Å². The molecule has 1 heterocycles. The maximum atomic E-state index is 12.2. The van der Waals surface area contributed by atoms with E-state index in [-0.39, 0.29) is 29.8 Å². The molecule has 0 spiro atoms. The van der Waals surface area contributed by atoms with Crippen molar-refractivity contribution in [3.8, 4) is 11.5 Å². The van der Waals surface area contributed by atoms with Crippen molar-refractivity contribution in [2.24, 2.45) is 0 Å². The standard InChI is InChI=1S/C17H24O5/c18-13-7-3-1-2-6-12-10-14(19)11-15(20)16(12)17(21)22-9-5-4-8-13/h10-11,13,18-20H,1-9H2. The van der Waals surface area contributed by atoms with Crippen molar-refractivity contribution in [3.05, 3.63) is 23.3 Å². The van der Waals surface area contributed by atoms with Gasteiger partial charge in [-0.3, -0.25) is 0 Å². The van der Waals surface area contributed by atoms with Crippen molar-refractivity contribution in [2.75, 3.05) is 6.61 Å². The van der Waals surface area contributed by atoms with Crippen LogP contribution in [0, 0.1) is 0 Å². The molecule has 5 nitrogen and oxygen atoms in total. The fourth-order valence-electron chi connectivity index (χ4n) is 2.84. The maximum Gasteiger partial charge on any atom is 0.342 e. The van der Waals surface area contributed by atoms with Crippen LogP contribution in [0.5, 0.6) is 11.5 Å². The van der Waals surface area contributed by atoms with Gasteiger partial charge in [-0.2, -0.15) is 0 Å². The number of benzene rings is 1. The number of ether oxygens (including phenoxy) is 1. The molecule has 0 aliphatic carbocycles. The molecule has 0 radical (unpaired) electrons. The van der Waals surface area contributed by atoms with Crippen LogP contribution < -0.4 is 0 Å². The Morgan fingerprint density at radius 1 is 1.00 bits per heavy atom. The van der Waals surface area contributed by atoms with Gasteiger partial charge in [-0.05, 0) is 50.2 Å². The number of carbonyl (C=O) groups excluding carboxylic acids is 1. The Hall–Kier alpha value is -1.75. The molecule has 1 aromatic rings. The lowest BCUT2D eigenvalue weighted by Crippen LogP contribution is -2.12. The molecular weight excluding hydrogens is 284 g/mol. The molecule has 1 aromatic carbocycles. The number of aromatic hydroxyl groups is 2. The molecule has 0 bridgehead atoms. The van der Waals surface area contributed by atoms with Gasteiger partial charge in [-0.15, -0.1) is 0 Å². The Kier molecular flexibility index (Phi) is 6.07. The maximum absolute atomic E-state index is 12.2. The largest absolute Gasteiger partial charge is 0.508 e. The molecule has 0 fully saturated rings. The number of aryl methyl sites for hydroxylation is 1. The molecule has 1 aliphatic rings. The van der Waals surface area contributed by atoms with Crippen LogP contribution in [0.25, 0.3) is 0 Å². The normalized spacial score (nSPS) is 21.5. The summed E-state index contributed by atoms with van der Waals surface area (Å²) in [7, 11) is 0. The van der Waals surface area contributed by atoms with E-state index in [9.17, 15) is 20.1 Å². The molecule has 0 aromatic heterocycles. The summed E-state index contributed by atoms with van der Waals surface area (Å²) in [5.74, 6) is -0.840. The molecule has 122 valence electrons. The fraction of sp³-hybridized carbons (Fsp3) is 0.588. The van der Waals surface area contributed by atoms with E-state index in [1.54, 1.807) is 0 Å². The van der Waals surface area contributed by atoms with E-state index < -0.39 is 5.97 Å². The van der Waals surface area contributed by atoms with E-state index in [1.807, 2.05) is 0 Å². The quantitative estimate of drug-likeness (QED) is 0.641. The van der Waals surface area contributed by atoms with Crippen LogP contribution >= 0.6 is 0 Å². The van der Waals surface area contributed by atoms with Gasteiger partial charge >= 0.3 is 5.97 Å². The SMILES string of the molecule is O=C1OCCCCC(O)CCCCCc2cc(O)cc(O)c21. The second-order valence-corrected chi connectivity index (χ2v) is 5.88. The van der Waals surface area contributed by atoms with E-state index >= 15 is 0 Å². The van der Waals surface area contributed by atoms with Crippen molar-refractivity contribution >= 4 is 5.97 Å². The molecule has 0 saturated heterocycles. The molecule has 3 N–H and O–H groups in total. The molecule has 1 atom stereocenters. The Morgan fingerprint density at radius 2 is 1.73 bits per heavy atom. The average Bonchev–Trinajstić information content (AvgIpc) is 2.45. The Balaban J connectivity index is 2.16. The van der Waals surface area contributed by atoms with Crippen molar-refractivity contribution in [1.29, 1.82) is 0 Å². The molecule has 22 heavy (non-hydrogen) atoms. The van der Waals surface area contributed by atoms with Crippen molar-refractivity contribution in [2.45, 2.75) is 57.5 Å². The zero-order valence-corrected chi connectivity index (χ0v) is 12.8. The monoisotopic (exact) mass is 308 g/mol. The van der Waals surface area contributed by atoms with Crippen LogP contribution in [0.4, 0.5) is 0 Å². The van der Waals surface area contributed by atoms with Crippen molar-refractivity contribution in [1.82, 2.24) is 0 Å². The van der Waals surface area contributed by atoms with Crippen LogP contribution in [0.1, 0.15) is 60.9 Å². The summed E-state index contributed by atoms with van der Waals surface area (Å²) < 4.78 is 5.21. The lowest BCUT2D eigenvalue weighted by molar-refractivity contribution is 0.0487. The number of fused-ring (bicyclic) bond motifs is 1. The predicted molar refractivity (Wildman–Crippen MR) is 82.1 cm³/mol. The number of phenolic OH excluding ortho intramolecular Hbond substituents is 2. The summed E-state index contributed by atoms with van der Waals surface area (Å²) in [5, 5.41) is 29.4. The number of esters is 1.